The number of nitrogens with zero attached hydrogens (tertiary/aromatic N) is 3. The zero-order chi connectivity index (χ0) is 21.4. The van der Waals surface area contributed by atoms with E-state index in [2.05, 4.69) is 42.9 Å². The molecule has 1 atom stereocenters. The van der Waals surface area contributed by atoms with Gasteiger partial charge in [0, 0.05) is 0 Å². The van der Waals surface area contributed by atoms with Crippen LogP contribution in [-0.2, 0) is 4.74 Å². The van der Waals surface area contributed by atoms with E-state index in [0.29, 0.717) is 15.9 Å². The molecule has 1 heterocycles. The van der Waals surface area contributed by atoms with Gasteiger partial charge in [-0.3, -0.25) is 0 Å². The zero-order valence-electron chi connectivity index (χ0n) is 19.2. The molecule has 2 radical (unpaired) electrons. The molecule has 0 saturated heterocycles. The second kappa shape index (κ2) is 16.1. The van der Waals surface area contributed by atoms with Crippen LogP contribution in [0.2, 0.25) is 3.43 Å². The van der Waals surface area contributed by atoms with Gasteiger partial charge in [-0.2, -0.15) is 0 Å². The first kappa shape index (κ1) is 26.3. The Morgan fingerprint density at radius 1 is 1.03 bits per heavy atom. The number of methoxy groups -OCH3 is 1. The van der Waals surface area contributed by atoms with Crippen LogP contribution in [0.1, 0.15) is 91.2 Å². The molecule has 0 aromatic carbocycles. The standard InChI is InChI=1S/C13H27.C10H14N3O2.Sn/c1-4-7-10-13(11-8-5-2)12-9-6-3;1-8(7-14-2)11-6-9-4-5-10(15-3)13-12-9;/h4-12H2,1-3H3;4-6,8H,2,7H2,1,3H3;. The average Bonchev–Trinajstić information content (AvgIpc) is 2.76. The third-order valence-corrected chi connectivity index (χ3v) is 10.5. The molecule has 0 aliphatic rings. The minimum absolute atomic E-state index is 0.134. The van der Waals surface area contributed by atoms with Crippen molar-refractivity contribution < 1.29 is 9.47 Å². The molecular formula is C23H41N3O2Sn. The third-order valence-electron chi connectivity index (χ3n) is 5.27. The fourth-order valence-electron chi connectivity index (χ4n) is 3.37. The van der Waals surface area contributed by atoms with Crippen LogP contribution in [0, 0.1) is 0 Å². The second-order valence-corrected chi connectivity index (χ2v) is 12.8. The van der Waals surface area contributed by atoms with E-state index in [4.69, 9.17) is 9.47 Å². The first-order valence-electron chi connectivity index (χ1n) is 11.3. The molecule has 1 unspecified atom stereocenters. The van der Waals surface area contributed by atoms with Gasteiger partial charge in [0.05, 0.1) is 0 Å². The van der Waals surface area contributed by atoms with Crippen molar-refractivity contribution in [2.24, 2.45) is 4.99 Å². The second-order valence-electron chi connectivity index (χ2n) is 7.91. The summed E-state index contributed by atoms with van der Waals surface area (Å²) in [5.41, 5.74) is 0.742. The van der Waals surface area contributed by atoms with E-state index in [1.54, 1.807) is 19.4 Å². The quantitative estimate of drug-likeness (QED) is 0.153. The van der Waals surface area contributed by atoms with Gasteiger partial charge in [-0.1, -0.05) is 0 Å². The van der Waals surface area contributed by atoms with Gasteiger partial charge >= 0.3 is 189 Å². The summed E-state index contributed by atoms with van der Waals surface area (Å²) in [4.78, 5) is 4.56. The van der Waals surface area contributed by atoms with E-state index in [0.717, 1.165) is 10.3 Å². The molecule has 0 saturated carbocycles. The Labute approximate surface area is 188 Å². The van der Waals surface area contributed by atoms with E-state index in [1.165, 1.54) is 57.8 Å². The molecule has 0 fully saturated rings. The summed E-state index contributed by atoms with van der Waals surface area (Å²) in [6.45, 7) is 9.74. The topological polar surface area (TPSA) is 56.6 Å². The van der Waals surface area contributed by atoms with Crippen LogP contribution in [0.3, 0.4) is 0 Å². The van der Waals surface area contributed by atoms with E-state index < -0.39 is 21.1 Å². The summed E-state index contributed by atoms with van der Waals surface area (Å²) < 4.78 is 12.8. The molecule has 29 heavy (non-hydrogen) atoms. The number of unbranched alkanes of at least 4 members (excludes halogenated alkanes) is 3. The molecular weight excluding hydrogens is 469 g/mol. The van der Waals surface area contributed by atoms with Gasteiger partial charge in [-0.05, 0) is 0 Å². The first-order chi connectivity index (χ1) is 14.1. The fraction of sp³-hybridized carbons (Fsp3) is 0.783. The van der Waals surface area contributed by atoms with Crippen LogP contribution in [0.5, 0.6) is 5.88 Å². The summed E-state index contributed by atoms with van der Waals surface area (Å²) in [7, 11) is 1.59. The molecule has 1 aromatic heterocycles. The Hall–Kier alpha value is -0.691. The molecule has 6 heteroatoms. The van der Waals surface area contributed by atoms with Gasteiger partial charge in [0.15, 0.2) is 0 Å². The van der Waals surface area contributed by atoms with Crippen molar-refractivity contribution in [3.8, 4) is 5.88 Å². The Morgan fingerprint density at radius 2 is 1.66 bits per heavy atom. The maximum atomic E-state index is 6.12. The van der Waals surface area contributed by atoms with Crippen LogP contribution in [0.15, 0.2) is 17.1 Å². The van der Waals surface area contributed by atoms with E-state index >= 15 is 0 Å². The Bertz CT molecular complexity index is 530. The third kappa shape index (κ3) is 11.3. The van der Waals surface area contributed by atoms with Crippen molar-refractivity contribution in [2.45, 2.75) is 95.0 Å². The first-order valence-corrected chi connectivity index (χ1v) is 14.8. The Kier molecular flexibility index (Phi) is 14.6. The van der Waals surface area contributed by atoms with Crippen LogP contribution in [0.4, 0.5) is 0 Å². The van der Waals surface area contributed by atoms with Crippen LogP contribution < -0.4 is 4.74 Å². The number of hydrogen-bond acceptors (Lipinski definition) is 5. The minimum atomic E-state index is -0.591. The van der Waals surface area contributed by atoms with Gasteiger partial charge < -0.3 is 0 Å². The van der Waals surface area contributed by atoms with Gasteiger partial charge in [0.2, 0.25) is 0 Å². The molecule has 1 rings (SSSR count). The van der Waals surface area contributed by atoms with Gasteiger partial charge in [0.25, 0.3) is 0 Å². The monoisotopic (exact) mass is 511 g/mol. The van der Waals surface area contributed by atoms with Crippen LogP contribution >= 0.6 is 0 Å². The molecule has 0 amide bonds. The molecule has 0 bridgehead atoms. The van der Waals surface area contributed by atoms with Crippen molar-refractivity contribution in [1.82, 2.24) is 10.2 Å². The summed E-state index contributed by atoms with van der Waals surface area (Å²) in [5, 5.41) is 8.04. The van der Waals surface area contributed by atoms with Gasteiger partial charge in [-0.15, -0.1) is 0 Å². The predicted octanol–water partition coefficient (Wildman–Crippen LogP) is 5.70. The predicted molar refractivity (Wildman–Crippen MR) is 123 cm³/mol. The van der Waals surface area contributed by atoms with E-state index in [-0.39, 0.29) is 6.04 Å². The summed E-state index contributed by atoms with van der Waals surface area (Å²) in [6.07, 6.45) is 14.1. The molecule has 5 nitrogen and oxygen atoms in total. The zero-order valence-corrected chi connectivity index (χ0v) is 22.1. The summed E-state index contributed by atoms with van der Waals surface area (Å²) >= 11 is -0.591. The van der Waals surface area contributed by atoms with Gasteiger partial charge in [-0.25, -0.2) is 0 Å². The van der Waals surface area contributed by atoms with Crippen molar-refractivity contribution >= 4 is 27.4 Å². The van der Waals surface area contributed by atoms with E-state index in [1.807, 2.05) is 6.07 Å². The molecule has 0 spiro atoms. The normalized spacial score (nSPS) is 13.1. The van der Waals surface area contributed by atoms with Crippen LogP contribution in [-0.4, -0.2) is 61.9 Å². The van der Waals surface area contributed by atoms with E-state index in [9.17, 15) is 0 Å². The van der Waals surface area contributed by atoms with Crippen molar-refractivity contribution in [3.05, 3.63) is 17.8 Å². The van der Waals surface area contributed by atoms with Crippen molar-refractivity contribution in [3.63, 3.8) is 0 Å². The Balaban J connectivity index is 2.48. The molecule has 0 aliphatic carbocycles. The van der Waals surface area contributed by atoms with Crippen molar-refractivity contribution in [2.75, 3.05) is 18.3 Å². The molecule has 164 valence electrons. The maximum absolute atomic E-state index is 6.12. The molecule has 1 aromatic rings. The molecule has 0 aliphatic heterocycles. The average molecular weight is 510 g/mol. The summed E-state index contributed by atoms with van der Waals surface area (Å²) in [6, 6.07) is 3.79. The molecule has 0 N–H and O–H groups in total. The summed E-state index contributed by atoms with van der Waals surface area (Å²) in [5.74, 6) is 0.516. The number of ether oxygens (including phenoxy) is 2. The number of rotatable bonds is 17. The van der Waals surface area contributed by atoms with Gasteiger partial charge in [0.1, 0.15) is 0 Å². The Morgan fingerprint density at radius 3 is 2.14 bits per heavy atom. The van der Waals surface area contributed by atoms with Crippen molar-refractivity contribution in [1.29, 1.82) is 0 Å². The fourth-order valence-corrected chi connectivity index (χ4v) is 7.90. The number of aliphatic imine (C=N–C) groups is 1. The van der Waals surface area contributed by atoms with Crippen LogP contribution in [0.25, 0.3) is 0 Å². The SMILES string of the molecule is CCCC[C](CCCC)(CCCC)[Sn][CH2]OCC(C)N=Cc1ccc(OC)nn1. The number of aromatic nitrogens is 2. The number of hydrogen-bond donors (Lipinski definition) is 0.